The van der Waals surface area contributed by atoms with Crippen LogP contribution in [0, 0.1) is 5.92 Å². The van der Waals surface area contributed by atoms with Crippen molar-refractivity contribution in [2.45, 2.75) is 37.6 Å². The Morgan fingerprint density at radius 2 is 2.20 bits per heavy atom. The van der Waals surface area contributed by atoms with Gasteiger partial charge >= 0.3 is 0 Å². The summed E-state index contributed by atoms with van der Waals surface area (Å²) >= 11 is 0. The minimum Gasteiger partial charge on any atom is -0.350 e. The molecule has 132 valence electrons. The average Bonchev–Trinajstić information content (AvgIpc) is 3.19. The van der Waals surface area contributed by atoms with Crippen LogP contribution in [0.3, 0.4) is 0 Å². The predicted octanol–water partition coefficient (Wildman–Crippen LogP) is 2.40. The Kier molecular flexibility index (Phi) is 3.82. The number of aryl methyl sites for hydroxylation is 1. The third-order valence-corrected chi connectivity index (χ3v) is 5.92. The first-order valence-electron chi connectivity index (χ1n) is 9.07. The number of anilines is 1. The van der Waals surface area contributed by atoms with E-state index in [0.29, 0.717) is 6.54 Å². The Morgan fingerprint density at radius 3 is 2.96 bits per heavy atom. The van der Waals surface area contributed by atoms with Gasteiger partial charge in [0, 0.05) is 32.5 Å². The number of nitrogens with zero attached hydrogens (tertiary/aromatic N) is 3. The third-order valence-electron chi connectivity index (χ3n) is 5.92. The second-order valence-corrected chi connectivity index (χ2v) is 7.64. The molecule has 0 unspecified atom stereocenters. The van der Waals surface area contributed by atoms with Gasteiger partial charge in [0.2, 0.25) is 11.9 Å². The van der Waals surface area contributed by atoms with Gasteiger partial charge in [-0.05, 0) is 36.8 Å². The van der Waals surface area contributed by atoms with Crippen LogP contribution < -0.4 is 10.2 Å². The minimum absolute atomic E-state index is 0.0974. The highest BCUT2D eigenvalue weighted by Gasteiger charge is 2.59. The molecule has 4 rings (SSSR count). The lowest BCUT2D eigenvalue weighted by molar-refractivity contribution is -0.123. The SMILES string of the molecule is CN(C)c1ncc(CNC(=O)[C@@H]2C[C@]23CCCc2ccccc23)n1C. The fourth-order valence-corrected chi connectivity index (χ4v) is 4.49. The van der Waals surface area contributed by atoms with Crippen LogP contribution in [0.1, 0.15) is 36.1 Å². The Morgan fingerprint density at radius 1 is 1.40 bits per heavy atom. The van der Waals surface area contributed by atoms with Crippen molar-refractivity contribution in [2.24, 2.45) is 13.0 Å². The summed E-state index contributed by atoms with van der Waals surface area (Å²) in [6.45, 7) is 0.532. The molecule has 2 aromatic rings. The van der Waals surface area contributed by atoms with Gasteiger partial charge in [-0.25, -0.2) is 4.98 Å². The molecule has 1 saturated carbocycles. The molecule has 1 aromatic heterocycles. The molecule has 0 aliphatic heterocycles. The summed E-state index contributed by atoms with van der Waals surface area (Å²) in [5, 5.41) is 3.14. The van der Waals surface area contributed by atoms with Gasteiger partial charge in [-0.3, -0.25) is 4.79 Å². The summed E-state index contributed by atoms with van der Waals surface area (Å²) < 4.78 is 2.03. The van der Waals surface area contributed by atoms with Crippen LogP contribution in [-0.2, 0) is 30.2 Å². The van der Waals surface area contributed by atoms with E-state index in [2.05, 4.69) is 34.6 Å². The molecule has 1 spiro atoms. The molecule has 2 aliphatic rings. The van der Waals surface area contributed by atoms with Crippen molar-refractivity contribution in [1.29, 1.82) is 0 Å². The van der Waals surface area contributed by atoms with E-state index in [0.717, 1.165) is 30.9 Å². The summed E-state index contributed by atoms with van der Waals surface area (Å²) in [7, 11) is 5.93. The van der Waals surface area contributed by atoms with Gasteiger partial charge in [-0.15, -0.1) is 0 Å². The number of benzene rings is 1. The number of fused-ring (bicyclic) bond motifs is 2. The number of amides is 1. The Labute approximate surface area is 149 Å². The lowest BCUT2D eigenvalue weighted by Crippen LogP contribution is -2.30. The highest BCUT2D eigenvalue weighted by molar-refractivity contribution is 5.84. The smallest absolute Gasteiger partial charge is 0.224 e. The van der Waals surface area contributed by atoms with E-state index in [1.54, 1.807) is 0 Å². The van der Waals surface area contributed by atoms with E-state index < -0.39 is 0 Å². The van der Waals surface area contributed by atoms with Crippen molar-refractivity contribution in [2.75, 3.05) is 19.0 Å². The summed E-state index contributed by atoms with van der Waals surface area (Å²) in [6.07, 6.45) is 6.31. The van der Waals surface area contributed by atoms with E-state index in [1.165, 1.54) is 17.5 Å². The van der Waals surface area contributed by atoms with Gasteiger partial charge in [0.15, 0.2) is 0 Å². The second kappa shape index (κ2) is 5.90. The lowest BCUT2D eigenvalue weighted by Gasteiger charge is -2.26. The predicted molar refractivity (Wildman–Crippen MR) is 98.5 cm³/mol. The van der Waals surface area contributed by atoms with E-state index in [1.807, 2.05) is 36.8 Å². The maximum absolute atomic E-state index is 12.8. The zero-order valence-corrected chi connectivity index (χ0v) is 15.2. The first-order chi connectivity index (χ1) is 12.0. The summed E-state index contributed by atoms with van der Waals surface area (Å²) in [6, 6.07) is 8.67. The van der Waals surface area contributed by atoms with E-state index >= 15 is 0 Å². The zero-order chi connectivity index (χ0) is 17.6. The molecule has 0 bridgehead atoms. The molecule has 5 heteroatoms. The van der Waals surface area contributed by atoms with Crippen molar-refractivity contribution in [3.63, 3.8) is 0 Å². The standard InChI is InChI=1S/C20H26N4O/c1-23(2)19-22-13-15(24(19)3)12-21-18(25)17-11-20(17)10-6-8-14-7-4-5-9-16(14)20/h4-5,7,9,13,17H,6,8,10-12H2,1-3H3,(H,21,25)/t17-,20-/m0/s1. The highest BCUT2D eigenvalue weighted by atomic mass is 16.2. The summed E-state index contributed by atoms with van der Waals surface area (Å²) in [5.41, 5.74) is 3.97. The van der Waals surface area contributed by atoms with E-state index in [-0.39, 0.29) is 17.2 Å². The van der Waals surface area contributed by atoms with Crippen molar-refractivity contribution in [3.05, 3.63) is 47.3 Å². The quantitative estimate of drug-likeness (QED) is 0.931. The fraction of sp³-hybridized carbons (Fsp3) is 0.500. The molecule has 1 heterocycles. The van der Waals surface area contributed by atoms with Gasteiger partial charge < -0.3 is 14.8 Å². The van der Waals surface area contributed by atoms with Crippen molar-refractivity contribution in [1.82, 2.24) is 14.9 Å². The molecule has 2 aliphatic carbocycles. The number of aromatic nitrogens is 2. The van der Waals surface area contributed by atoms with Crippen molar-refractivity contribution in [3.8, 4) is 0 Å². The molecule has 1 amide bonds. The lowest BCUT2D eigenvalue weighted by atomic mass is 9.78. The molecule has 1 aromatic carbocycles. The van der Waals surface area contributed by atoms with Crippen LogP contribution in [0.15, 0.2) is 30.5 Å². The van der Waals surface area contributed by atoms with Gasteiger partial charge in [-0.2, -0.15) is 0 Å². The summed E-state index contributed by atoms with van der Waals surface area (Å²) in [5.74, 6) is 1.20. The molecule has 1 N–H and O–H groups in total. The van der Waals surface area contributed by atoms with Gasteiger partial charge in [0.05, 0.1) is 18.4 Å². The number of carbonyl (C=O) groups excluding carboxylic acids is 1. The molecule has 2 atom stereocenters. The Hall–Kier alpha value is -2.30. The Bertz CT molecular complexity index is 810. The number of carbonyl (C=O) groups is 1. The highest BCUT2D eigenvalue weighted by Crippen LogP contribution is 2.60. The zero-order valence-electron chi connectivity index (χ0n) is 15.2. The third kappa shape index (κ3) is 2.62. The van der Waals surface area contributed by atoms with Crippen LogP contribution >= 0.6 is 0 Å². The van der Waals surface area contributed by atoms with Crippen molar-refractivity contribution < 1.29 is 4.79 Å². The second-order valence-electron chi connectivity index (χ2n) is 7.64. The first-order valence-corrected chi connectivity index (χ1v) is 9.07. The fourth-order valence-electron chi connectivity index (χ4n) is 4.49. The van der Waals surface area contributed by atoms with Gasteiger partial charge in [-0.1, -0.05) is 24.3 Å². The van der Waals surface area contributed by atoms with Crippen LogP contribution in [0.2, 0.25) is 0 Å². The van der Waals surface area contributed by atoms with Crippen LogP contribution in [-0.4, -0.2) is 29.6 Å². The number of rotatable bonds is 4. The number of imidazole rings is 1. The molecule has 0 radical (unpaired) electrons. The molecular formula is C20H26N4O. The maximum atomic E-state index is 12.8. The van der Waals surface area contributed by atoms with E-state index in [4.69, 9.17) is 0 Å². The first kappa shape index (κ1) is 16.2. The number of hydrogen-bond acceptors (Lipinski definition) is 3. The summed E-state index contributed by atoms with van der Waals surface area (Å²) in [4.78, 5) is 19.1. The average molecular weight is 338 g/mol. The number of hydrogen-bond donors (Lipinski definition) is 1. The molecular weight excluding hydrogens is 312 g/mol. The van der Waals surface area contributed by atoms with Gasteiger partial charge in [0.1, 0.15) is 0 Å². The number of nitrogens with one attached hydrogen (secondary N) is 1. The normalized spacial score (nSPS) is 24.0. The molecule has 5 nitrogen and oxygen atoms in total. The van der Waals surface area contributed by atoms with Crippen LogP contribution in [0.5, 0.6) is 0 Å². The van der Waals surface area contributed by atoms with Crippen molar-refractivity contribution >= 4 is 11.9 Å². The largest absolute Gasteiger partial charge is 0.350 e. The maximum Gasteiger partial charge on any atom is 0.224 e. The minimum atomic E-state index is 0.0974. The van der Waals surface area contributed by atoms with Crippen LogP contribution in [0.4, 0.5) is 5.95 Å². The monoisotopic (exact) mass is 338 g/mol. The molecule has 25 heavy (non-hydrogen) atoms. The van der Waals surface area contributed by atoms with Gasteiger partial charge in [0.25, 0.3) is 0 Å². The molecule has 1 fully saturated rings. The van der Waals surface area contributed by atoms with Crippen LogP contribution in [0.25, 0.3) is 0 Å². The molecule has 0 saturated heterocycles. The Balaban J connectivity index is 1.44. The van der Waals surface area contributed by atoms with E-state index in [9.17, 15) is 4.79 Å². The topological polar surface area (TPSA) is 50.2 Å².